The number of benzene rings is 3. The van der Waals surface area contributed by atoms with Crippen molar-refractivity contribution in [3.63, 3.8) is 0 Å². The maximum Gasteiger partial charge on any atom is 0.264 e. The van der Waals surface area contributed by atoms with Gasteiger partial charge in [-0.05, 0) is 69.7 Å². The van der Waals surface area contributed by atoms with Gasteiger partial charge in [0.05, 0.1) is 24.8 Å². The predicted molar refractivity (Wildman–Crippen MR) is 165 cm³/mol. The number of amides is 2. The van der Waals surface area contributed by atoms with Gasteiger partial charge in [-0.2, -0.15) is 0 Å². The molecule has 0 aliphatic carbocycles. The number of sulfonamides is 1. The number of methoxy groups -OCH3 is 2. The highest BCUT2D eigenvalue weighted by Crippen LogP contribution is 2.32. The Bertz CT molecular complexity index is 1530. The van der Waals surface area contributed by atoms with Crippen LogP contribution in [-0.4, -0.2) is 58.0 Å². The maximum absolute atomic E-state index is 14.1. The summed E-state index contributed by atoms with van der Waals surface area (Å²) in [6.45, 7) is 6.42. The smallest absolute Gasteiger partial charge is 0.264 e. The molecule has 1 atom stereocenters. The van der Waals surface area contributed by atoms with E-state index in [4.69, 9.17) is 32.7 Å². The van der Waals surface area contributed by atoms with E-state index >= 15 is 0 Å². The van der Waals surface area contributed by atoms with Gasteiger partial charge in [-0.1, -0.05) is 47.0 Å². The van der Waals surface area contributed by atoms with E-state index in [1.54, 1.807) is 49.4 Å². The van der Waals surface area contributed by atoms with Gasteiger partial charge in [-0.15, -0.1) is 0 Å². The second-order valence-electron chi connectivity index (χ2n) is 9.96. The minimum Gasteiger partial charge on any atom is -0.493 e. The Morgan fingerprint density at radius 1 is 0.905 bits per heavy atom. The van der Waals surface area contributed by atoms with Crippen molar-refractivity contribution in [2.24, 2.45) is 0 Å². The lowest BCUT2D eigenvalue weighted by atomic mass is 10.1. The summed E-state index contributed by atoms with van der Waals surface area (Å²) < 4.78 is 39.8. The van der Waals surface area contributed by atoms with E-state index in [2.05, 4.69) is 5.32 Å². The van der Waals surface area contributed by atoms with Gasteiger partial charge in [0.25, 0.3) is 10.0 Å². The van der Waals surface area contributed by atoms with E-state index in [9.17, 15) is 18.0 Å². The summed E-state index contributed by atoms with van der Waals surface area (Å²) in [5.41, 5.74) is 1.72. The molecule has 12 heteroatoms. The number of carbonyl (C=O) groups is 2. The number of nitrogens with one attached hydrogen (secondary N) is 1. The van der Waals surface area contributed by atoms with Crippen molar-refractivity contribution in [3.05, 3.63) is 81.8 Å². The topological polar surface area (TPSA) is 105 Å². The van der Waals surface area contributed by atoms with Gasteiger partial charge in [0.1, 0.15) is 12.6 Å². The van der Waals surface area contributed by atoms with Crippen LogP contribution in [0.4, 0.5) is 5.69 Å². The molecule has 3 aromatic rings. The standard InChI is InChI=1S/C30H35Cl2N3O6S/c1-19(2)33-30(37)21(4)34(17-22-9-10-23(31)15-26(22)32)29(36)18-35(24-11-7-20(3)8-12-24)42(38,39)25-13-14-27(40-5)28(16-25)41-6/h7-16,19,21H,17-18H2,1-6H3,(H,33,37)/t21-/m0/s1. The van der Waals surface area contributed by atoms with Gasteiger partial charge >= 0.3 is 0 Å². The molecule has 226 valence electrons. The van der Waals surface area contributed by atoms with Crippen LogP contribution in [0.5, 0.6) is 11.5 Å². The first-order valence-electron chi connectivity index (χ1n) is 13.1. The fraction of sp³-hybridized carbons (Fsp3) is 0.333. The molecule has 0 aromatic heterocycles. The third-order valence-corrected chi connectivity index (χ3v) is 8.85. The number of hydrogen-bond acceptors (Lipinski definition) is 6. The van der Waals surface area contributed by atoms with Crippen molar-refractivity contribution in [1.29, 1.82) is 0 Å². The molecule has 3 rings (SSSR count). The van der Waals surface area contributed by atoms with Crippen LogP contribution in [0.3, 0.4) is 0 Å². The molecular weight excluding hydrogens is 601 g/mol. The molecule has 42 heavy (non-hydrogen) atoms. The Kier molecular flexibility index (Phi) is 11.1. The number of anilines is 1. The average Bonchev–Trinajstić information content (AvgIpc) is 2.94. The van der Waals surface area contributed by atoms with E-state index in [1.165, 1.54) is 37.3 Å². The minimum atomic E-state index is -4.30. The van der Waals surface area contributed by atoms with Crippen LogP contribution in [0.1, 0.15) is 31.9 Å². The van der Waals surface area contributed by atoms with E-state index in [-0.39, 0.29) is 28.9 Å². The van der Waals surface area contributed by atoms with Crippen LogP contribution < -0.4 is 19.1 Å². The highest BCUT2D eigenvalue weighted by molar-refractivity contribution is 7.92. The second-order valence-corrected chi connectivity index (χ2v) is 12.7. The van der Waals surface area contributed by atoms with Gasteiger partial charge in [0.2, 0.25) is 11.8 Å². The summed E-state index contributed by atoms with van der Waals surface area (Å²) in [6, 6.07) is 14.7. The van der Waals surface area contributed by atoms with Crippen molar-refractivity contribution < 1.29 is 27.5 Å². The SMILES string of the molecule is COc1ccc(S(=O)(=O)N(CC(=O)N(Cc2ccc(Cl)cc2Cl)[C@@H](C)C(=O)NC(C)C)c2ccc(C)cc2)cc1OC. The number of halogens is 2. The van der Waals surface area contributed by atoms with Gasteiger partial charge < -0.3 is 19.7 Å². The number of hydrogen-bond donors (Lipinski definition) is 1. The molecule has 1 N–H and O–H groups in total. The monoisotopic (exact) mass is 635 g/mol. The summed E-state index contributed by atoms with van der Waals surface area (Å²) in [5.74, 6) is -0.442. The normalized spacial score (nSPS) is 12.0. The lowest BCUT2D eigenvalue weighted by Gasteiger charge is -2.32. The molecule has 0 saturated carbocycles. The Labute approximate surface area is 257 Å². The maximum atomic E-state index is 14.1. The minimum absolute atomic E-state index is 0.0559. The van der Waals surface area contributed by atoms with Crippen molar-refractivity contribution in [2.45, 2.75) is 51.2 Å². The van der Waals surface area contributed by atoms with Gasteiger partial charge in [0.15, 0.2) is 11.5 Å². The molecule has 0 bridgehead atoms. The quantitative estimate of drug-likeness (QED) is 0.283. The van der Waals surface area contributed by atoms with E-state index in [1.807, 2.05) is 20.8 Å². The fourth-order valence-electron chi connectivity index (χ4n) is 4.17. The zero-order chi connectivity index (χ0) is 31.2. The summed E-state index contributed by atoms with van der Waals surface area (Å²) in [4.78, 5) is 28.3. The van der Waals surface area contributed by atoms with Crippen LogP contribution in [-0.2, 0) is 26.2 Å². The molecular formula is C30H35Cl2N3O6S. The van der Waals surface area contributed by atoms with Crippen LogP contribution >= 0.6 is 23.2 Å². The van der Waals surface area contributed by atoms with Crippen molar-refractivity contribution in [2.75, 3.05) is 25.1 Å². The molecule has 0 radical (unpaired) electrons. The average molecular weight is 637 g/mol. The van der Waals surface area contributed by atoms with E-state index in [0.717, 1.165) is 9.87 Å². The number of aryl methyl sites for hydroxylation is 1. The summed E-state index contributed by atoms with van der Waals surface area (Å²) in [7, 11) is -1.45. The van der Waals surface area contributed by atoms with Crippen LogP contribution in [0.2, 0.25) is 10.0 Å². The first-order valence-corrected chi connectivity index (χ1v) is 15.3. The summed E-state index contributed by atoms with van der Waals surface area (Å²) >= 11 is 12.5. The molecule has 0 spiro atoms. The number of ether oxygens (including phenoxy) is 2. The van der Waals surface area contributed by atoms with Crippen LogP contribution in [0.25, 0.3) is 0 Å². The molecule has 0 fully saturated rings. The molecule has 9 nitrogen and oxygen atoms in total. The van der Waals surface area contributed by atoms with Crippen molar-refractivity contribution >= 4 is 50.7 Å². The Morgan fingerprint density at radius 3 is 2.12 bits per heavy atom. The zero-order valence-corrected chi connectivity index (χ0v) is 26.7. The summed E-state index contributed by atoms with van der Waals surface area (Å²) in [6.07, 6.45) is 0. The highest BCUT2D eigenvalue weighted by Gasteiger charge is 2.33. The lowest BCUT2D eigenvalue weighted by Crippen LogP contribution is -2.52. The molecule has 0 unspecified atom stereocenters. The summed E-state index contributed by atoms with van der Waals surface area (Å²) in [5, 5.41) is 3.54. The molecule has 0 aliphatic rings. The van der Waals surface area contributed by atoms with E-state index < -0.39 is 34.4 Å². The fourth-order valence-corrected chi connectivity index (χ4v) is 6.06. The van der Waals surface area contributed by atoms with E-state index in [0.29, 0.717) is 21.4 Å². The van der Waals surface area contributed by atoms with Gasteiger partial charge in [-0.3, -0.25) is 13.9 Å². The number of nitrogens with zero attached hydrogens (tertiary/aromatic N) is 2. The van der Waals surface area contributed by atoms with Crippen molar-refractivity contribution in [1.82, 2.24) is 10.2 Å². The Morgan fingerprint density at radius 2 is 1.55 bits per heavy atom. The predicted octanol–water partition coefficient (Wildman–Crippen LogP) is 5.46. The Hall–Kier alpha value is -3.47. The van der Waals surface area contributed by atoms with Gasteiger partial charge in [-0.25, -0.2) is 8.42 Å². The third-order valence-electron chi connectivity index (χ3n) is 6.50. The second kappa shape index (κ2) is 14.1. The molecule has 0 saturated heterocycles. The first-order chi connectivity index (χ1) is 19.8. The third kappa shape index (κ3) is 7.87. The molecule has 3 aromatic carbocycles. The Balaban J connectivity index is 2.09. The molecule has 0 aliphatic heterocycles. The van der Waals surface area contributed by atoms with Crippen LogP contribution in [0, 0.1) is 6.92 Å². The van der Waals surface area contributed by atoms with Gasteiger partial charge in [0, 0.05) is 28.7 Å². The first kappa shape index (κ1) is 33.0. The molecule has 2 amide bonds. The zero-order valence-electron chi connectivity index (χ0n) is 24.4. The van der Waals surface area contributed by atoms with Crippen LogP contribution in [0.15, 0.2) is 65.6 Å². The number of carbonyl (C=O) groups excluding carboxylic acids is 2. The van der Waals surface area contributed by atoms with Crippen molar-refractivity contribution in [3.8, 4) is 11.5 Å². The highest BCUT2D eigenvalue weighted by atomic mass is 35.5. The lowest BCUT2D eigenvalue weighted by molar-refractivity contribution is -0.139. The molecule has 0 heterocycles. The number of rotatable bonds is 12. The largest absolute Gasteiger partial charge is 0.493 e.